The standard InChI is InChI=1S/C21H20N4O3S3/c26-21(18-7-1-2-8-19(18)30-13-16-12-29-14-23-16)24-15-5-3-6-17(11-15)31(27,28)25-20-9-4-10-22-20/h1-3,5-8,11-12,14H,4,9-10,13H2,(H,22,25)(H,24,26). The van der Waals surface area contributed by atoms with Crippen molar-refractivity contribution in [2.24, 2.45) is 4.99 Å². The van der Waals surface area contributed by atoms with Gasteiger partial charge in [0.15, 0.2) is 0 Å². The lowest BCUT2D eigenvalue weighted by atomic mass is 10.2. The highest BCUT2D eigenvalue weighted by atomic mass is 32.2. The van der Waals surface area contributed by atoms with Crippen molar-refractivity contribution >= 4 is 50.6 Å². The molecule has 0 saturated heterocycles. The van der Waals surface area contributed by atoms with E-state index in [1.807, 2.05) is 17.5 Å². The van der Waals surface area contributed by atoms with E-state index in [0.717, 1.165) is 17.0 Å². The molecule has 4 rings (SSSR count). The molecular weight excluding hydrogens is 452 g/mol. The summed E-state index contributed by atoms with van der Waals surface area (Å²) in [5.74, 6) is 0.835. The number of hydrogen-bond donors (Lipinski definition) is 2. The van der Waals surface area contributed by atoms with Crippen LogP contribution in [0.1, 0.15) is 28.9 Å². The Labute approximate surface area is 189 Å². The van der Waals surface area contributed by atoms with E-state index < -0.39 is 10.0 Å². The van der Waals surface area contributed by atoms with Gasteiger partial charge >= 0.3 is 0 Å². The Kier molecular flexibility index (Phi) is 6.69. The molecule has 0 aliphatic carbocycles. The summed E-state index contributed by atoms with van der Waals surface area (Å²) >= 11 is 3.07. The summed E-state index contributed by atoms with van der Waals surface area (Å²) in [5.41, 5.74) is 3.67. The number of thiazole rings is 1. The maximum atomic E-state index is 12.9. The van der Waals surface area contributed by atoms with Gasteiger partial charge in [0.25, 0.3) is 15.9 Å². The summed E-state index contributed by atoms with van der Waals surface area (Å²) in [6.45, 7) is 0.633. The number of thioether (sulfide) groups is 1. The van der Waals surface area contributed by atoms with Crippen LogP contribution in [-0.2, 0) is 15.8 Å². The van der Waals surface area contributed by atoms with E-state index in [4.69, 9.17) is 0 Å². The van der Waals surface area contributed by atoms with Crippen molar-refractivity contribution in [3.05, 3.63) is 70.7 Å². The topological polar surface area (TPSA) is 101 Å². The minimum absolute atomic E-state index is 0.0751. The van der Waals surface area contributed by atoms with Gasteiger partial charge in [0.1, 0.15) is 5.84 Å². The summed E-state index contributed by atoms with van der Waals surface area (Å²) in [4.78, 5) is 22.2. The van der Waals surface area contributed by atoms with Gasteiger partial charge in [-0.1, -0.05) is 18.2 Å². The van der Waals surface area contributed by atoms with Gasteiger partial charge < -0.3 is 5.32 Å². The number of aliphatic imine (C=N–C) groups is 1. The summed E-state index contributed by atoms with van der Waals surface area (Å²) in [6.07, 6.45) is 1.46. The van der Waals surface area contributed by atoms with Crippen LogP contribution < -0.4 is 10.0 Å². The quantitative estimate of drug-likeness (QED) is 0.503. The molecule has 2 heterocycles. The lowest BCUT2D eigenvalue weighted by Gasteiger charge is -2.12. The van der Waals surface area contributed by atoms with Crippen LogP contribution in [0, 0.1) is 0 Å². The highest BCUT2D eigenvalue weighted by Crippen LogP contribution is 2.27. The van der Waals surface area contributed by atoms with Crippen LogP contribution in [0.5, 0.6) is 0 Å². The minimum atomic E-state index is -3.75. The molecular formula is C21H20N4O3S3. The lowest BCUT2D eigenvalue weighted by Crippen LogP contribution is -2.29. The Balaban J connectivity index is 1.48. The van der Waals surface area contributed by atoms with Crippen molar-refractivity contribution < 1.29 is 13.2 Å². The minimum Gasteiger partial charge on any atom is -0.322 e. The van der Waals surface area contributed by atoms with E-state index in [-0.39, 0.29) is 10.8 Å². The third-order valence-electron chi connectivity index (χ3n) is 4.52. The largest absolute Gasteiger partial charge is 0.322 e. The molecule has 10 heteroatoms. The normalized spacial score (nSPS) is 13.6. The van der Waals surface area contributed by atoms with E-state index in [2.05, 4.69) is 20.0 Å². The zero-order valence-corrected chi connectivity index (χ0v) is 18.9. The summed E-state index contributed by atoms with van der Waals surface area (Å²) in [6, 6.07) is 13.5. The second-order valence-corrected chi connectivity index (χ2v) is 10.2. The number of amidine groups is 1. The SMILES string of the molecule is O=C(Nc1cccc(S(=O)(=O)NC2=NCCC2)c1)c1ccccc1SCc1cscn1. The molecule has 2 aromatic carbocycles. The monoisotopic (exact) mass is 472 g/mol. The van der Waals surface area contributed by atoms with Crippen LogP contribution >= 0.6 is 23.1 Å². The molecule has 160 valence electrons. The third-order valence-corrected chi connectivity index (χ3v) is 7.64. The van der Waals surface area contributed by atoms with Gasteiger partial charge in [0, 0.05) is 34.7 Å². The average molecular weight is 473 g/mol. The lowest BCUT2D eigenvalue weighted by molar-refractivity contribution is 0.102. The Morgan fingerprint density at radius 3 is 2.81 bits per heavy atom. The molecule has 0 saturated carbocycles. The second-order valence-electron chi connectivity index (χ2n) is 6.78. The molecule has 31 heavy (non-hydrogen) atoms. The number of nitrogens with one attached hydrogen (secondary N) is 2. The van der Waals surface area contributed by atoms with Gasteiger partial charge in [-0.15, -0.1) is 23.1 Å². The first-order valence-electron chi connectivity index (χ1n) is 9.58. The Morgan fingerprint density at radius 1 is 1.16 bits per heavy atom. The predicted octanol–water partition coefficient (Wildman–Crippen LogP) is 4.16. The molecule has 1 aliphatic heterocycles. The number of anilines is 1. The number of carbonyl (C=O) groups excluding carboxylic acids is 1. The van der Waals surface area contributed by atoms with E-state index in [9.17, 15) is 13.2 Å². The van der Waals surface area contributed by atoms with Crippen molar-refractivity contribution in [2.45, 2.75) is 28.4 Å². The number of sulfonamides is 1. The Hall–Kier alpha value is -2.69. The summed E-state index contributed by atoms with van der Waals surface area (Å²) < 4.78 is 27.8. The fraction of sp³-hybridized carbons (Fsp3) is 0.190. The maximum Gasteiger partial charge on any atom is 0.262 e. The average Bonchev–Trinajstić information content (AvgIpc) is 3.46. The van der Waals surface area contributed by atoms with Crippen LogP contribution in [0.3, 0.4) is 0 Å². The van der Waals surface area contributed by atoms with Crippen molar-refractivity contribution in [2.75, 3.05) is 11.9 Å². The number of nitrogens with zero attached hydrogens (tertiary/aromatic N) is 2. The summed E-state index contributed by atoms with van der Waals surface area (Å²) in [5, 5.41) is 4.79. The van der Waals surface area contributed by atoms with Crippen LogP contribution in [0.15, 0.2) is 74.2 Å². The van der Waals surface area contributed by atoms with Crippen molar-refractivity contribution in [3.63, 3.8) is 0 Å². The van der Waals surface area contributed by atoms with Crippen LogP contribution in [0.25, 0.3) is 0 Å². The second kappa shape index (κ2) is 9.63. The van der Waals surface area contributed by atoms with Crippen molar-refractivity contribution in [1.82, 2.24) is 9.71 Å². The molecule has 0 radical (unpaired) electrons. The van der Waals surface area contributed by atoms with Gasteiger partial charge in [-0.3, -0.25) is 14.5 Å². The van der Waals surface area contributed by atoms with Crippen molar-refractivity contribution in [3.8, 4) is 0 Å². The molecule has 3 aromatic rings. The smallest absolute Gasteiger partial charge is 0.262 e. The first-order valence-corrected chi connectivity index (χ1v) is 13.0. The van der Waals surface area contributed by atoms with Gasteiger partial charge in [-0.25, -0.2) is 13.4 Å². The fourth-order valence-electron chi connectivity index (χ4n) is 3.02. The molecule has 7 nitrogen and oxygen atoms in total. The van der Waals surface area contributed by atoms with E-state index in [1.165, 1.54) is 35.2 Å². The molecule has 1 aromatic heterocycles. The fourth-order valence-corrected chi connectivity index (χ4v) is 5.77. The van der Waals surface area contributed by atoms with Gasteiger partial charge in [-0.05, 0) is 36.8 Å². The molecule has 0 bridgehead atoms. The number of amides is 1. The van der Waals surface area contributed by atoms with E-state index in [0.29, 0.717) is 35.8 Å². The molecule has 1 amide bonds. The first kappa shape index (κ1) is 21.5. The number of aromatic nitrogens is 1. The molecule has 2 N–H and O–H groups in total. The van der Waals surface area contributed by atoms with Gasteiger partial charge in [-0.2, -0.15) is 0 Å². The highest BCUT2D eigenvalue weighted by Gasteiger charge is 2.19. The zero-order chi connectivity index (χ0) is 21.7. The third kappa shape index (κ3) is 5.52. The van der Waals surface area contributed by atoms with E-state index in [1.54, 1.807) is 29.8 Å². The van der Waals surface area contributed by atoms with Crippen molar-refractivity contribution in [1.29, 1.82) is 0 Å². The number of benzene rings is 2. The zero-order valence-electron chi connectivity index (χ0n) is 16.4. The molecule has 1 aliphatic rings. The van der Waals surface area contributed by atoms with Crippen LogP contribution in [-0.4, -0.2) is 31.7 Å². The number of carbonyl (C=O) groups is 1. The van der Waals surface area contributed by atoms with Crippen LogP contribution in [0.2, 0.25) is 0 Å². The molecule has 0 unspecified atom stereocenters. The molecule has 0 atom stereocenters. The van der Waals surface area contributed by atoms with Gasteiger partial charge in [0.2, 0.25) is 0 Å². The highest BCUT2D eigenvalue weighted by molar-refractivity contribution is 7.98. The summed E-state index contributed by atoms with van der Waals surface area (Å²) in [7, 11) is -3.75. The number of hydrogen-bond acceptors (Lipinski definition) is 7. The Bertz CT molecular complexity index is 1210. The number of rotatable bonds is 7. The first-order chi connectivity index (χ1) is 15.0. The Morgan fingerprint density at radius 2 is 2.03 bits per heavy atom. The predicted molar refractivity (Wildman–Crippen MR) is 124 cm³/mol. The van der Waals surface area contributed by atoms with Gasteiger partial charge in [0.05, 0.1) is 21.7 Å². The van der Waals surface area contributed by atoms with E-state index >= 15 is 0 Å². The maximum absolute atomic E-state index is 12.9. The molecule has 0 spiro atoms. The van der Waals surface area contributed by atoms with Crippen LogP contribution in [0.4, 0.5) is 5.69 Å². The molecule has 0 fully saturated rings.